The Morgan fingerprint density at radius 1 is 0.643 bits per heavy atom. The Labute approximate surface area is 165 Å². The van der Waals surface area contributed by atoms with Crippen molar-refractivity contribution < 1.29 is 4.57 Å². The third kappa shape index (κ3) is 4.05. The van der Waals surface area contributed by atoms with Crippen molar-refractivity contribution in [2.24, 2.45) is 0 Å². The van der Waals surface area contributed by atoms with Crippen LogP contribution in [0.4, 0.5) is 5.69 Å². The second-order valence-electron chi connectivity index (χ2n) is 6.62. The summed E-state index contributed by atoms with van der Waals surface area (Å²) in [5.74, 6) is 0. The van der Waals surface area contributed by atoms with E-state index in [2.05, 4.69) is 22.2 Å². The Bertz CT molecular complexity index is 1020. The Balaban J connectivity index is 1.62. The van der Waals surface area contributed by atoms with E-state index < -0.39 is 7.29 Å². The highest BCUT2D eigenvalue weighted by Gasteiger charge is 2.26. The molecule has 3 aromatic carbocycles. The highest BCUT2D eigenvalue weighted by molar-refractivity contribution is 7.80. The number of pyridine rings is 1. The first kappa shape index (κ1) is 18.2. The summed E-state index contributed by atoms with van der Waals surface area (Å²) in [6.07, 6.45) is 4.46. The van der Waals surface area contributed by atoms with E-state index in [9.17, 15) is 4.57 Å². The monoisotopic (exact) mass is 384 g/mol. The summed E-state index contributed by atoms with van der Waals surface area (Å²) in [7, 11) is -2.99. The summed E-state index contributed by atoms with van der Waals surface area (Å²) in [4.78, 5) is 4.06. The number of hydrogen-bond donors (Lipinski definition) is 1. The van der Waals surface area contributed by atoms with E-state index in [0.717, 1.165) is 22.7 Å². The van der Waals surface area contributed by atoms with Gasteiger partial charge in [0.05, 0.1) is 0 Å². The number of hydrogen-bond acceptors (Lipinski definition) is 2. The second-order valence-corrected chi connectivity index (χ2v) is 9.10. The third-order valence-electron chi connectivity index (χ3n) is 4.64. The average molecular weight is 384 g/mol. The summed E-state index contributed by atoms with van der Waals surface area (Å²) in [5.41, 5.74) is 3.26. The molecule has 3 nitrogen and oxygen atoms in total. The fourth-order valence-electron chi connectivity index (χ4n) is 3.17. The van der Waals surface area contributed by atoms with Gasteiger partial charge in [0.25, 0.3) is 0 Å². The zero-order valence-corrected chi connectivity index (χ0v) is 16.3. The van der Waals surface area contributed by atoms with Crippen LogP contribution in [-0.2, 0) is 11.0 Å². The van der Waals surface area contributed by atoms with Gasteiger partial charge in [-0.3, -0.25) is 9.55 Å². The van der Waals surface area contributed by atoms with E-state index in [1.807, 2.05) is 84.9 Å². The lowest BCUT2D eigenvalue weighted by atomic mass is 10.1. The van der Waals surface area contributed by atoms with Crippen LogP contribution in [-0.4, -0.2) is 4.98 Å². The molecular formula is C24H21N2OP. The maximum absolute atomic E-state index is 14.0. The minimum absolute atomic E-state index is 0.794. The molecule has 0 bridgehead atoms. The number of nitrogens with one attached hydrogen (secondary N) is 1. The molecule has 1 aromatic heterocycles. The number of aromatic nitrogens is 1. The van der Waals surface area contributed by atoms with E-state index in [1.165, 1.54) is 11.1 Å². The first-order valence-electron chi connectivity index (χ1n) is 9.21. The zero-order chi connectivity index (χ0) is 19.2. The first-order valence-corrected chi connectivity index (χ1v) is 10.9. The van der Waals surface area contributed by atoms with Gasteiger partial charge in [-0.15, -0.1) is 0 Å². The van der Waals surface area contributed by atoms with Crippen molar-refractivity contribution in [1.82, 2.24) is 4.98 Å². The van der Waals surface area contributed by atoms with Gasteiger partial charge in [0.1, 0.15) is 0 Å². The van der Waals surface area contributed by atoms with Gasteiger partial charge in [-0.05, 0) is 66.1 Å². The maximum Gasteiger partial charge on any atom is 0.227 e. The molecule has 1 N–H and O–H groups in total. The van der Waals surface area contributed by atoms with Crippen LogP contribution in [0.1, 0.15) is 11.1 Å². The SMILES string of the molecule is O=P(Nc1ccc(Cc2ccncc2)cc1)(c1ccccc1)c1ccccc1. The van der Waals surface area contributed by atoms with Crippen LogP contribution in [0.25, 0.3) is 0 Å². The molecule has 0 saturated heterocycles. The topological polar surface area (TPSA) is 42.0 Å². The average Bonchev–Trinajstić information content (AvgIpc) is 2.77. The molecule has 0 unspecified atom stereocenters. The summed E-state index contributed by atoms with van der Waals surface area (Å²) >= 11 is 0. The van der Waals surface area contributed by atoms with Gasteiger partial charge in [-0.25, -0.2) is 0 Å². The zero-order valence-electron chi connectivity index (χ0n) is 15.4. The van der Waals surface area contributed by atoms with Gasteiger partial charge >= 0.3 is 0 Å². The Kier molecular flexibility index (Phi) is 5.36. The highest BCUT2D eigenvalue weighted by Crippen LogP contribution is 2.43. The van der Waals surface area contributed by atoms with Crippen LogP contribution in [0.5, 0.6) is 0 Å². The lowest BCUT2D eigenvalue weighted by Crippen LogP contribution is -2.21. The molecule has 138 valence electrons. The molecule has 0 aliphatic carbocycles. The fraction of sp³-hybridized carbons (Fsp3) is 0.0417. The summed E-state index contributed by atoms with van der Waals surface area (Å²) in [6, 6.07) is 31.4. The normalized spacial score (nSPS) is 11.1. The van der Waals surface area contributed by atoms with Crippen molar-refractivity contribution in [2.75, 3.05) is 5.09 Å². The quantitative estimate of drug-likeness (QED) is 0.475. The molecule has 0 aliphatic rings. The van der Waals surface area contributed by atoms with Crippen LogP contribution in [0.2, 0.25) is 0 Å². The molecule has 0 aliphatic heterocycles. The number of rotatable bonds is 6. The molecule has 0 spiro atoms. The number of benzene rings is 3. The predicted molar refractivity (Wildman–Crippen MR) is 117 cm³/mol. The van der Waals surface area contributed by atoms with Crippen LogP contribution in [0.3, 0.4) is 0 Å². The third-order valence-corrected chi connectivity index (χ3v) is 7.26. The lowest BCUT2D eigenvalue weighted by molar-refractivity contribution is 0.590. The minimum Gasteiger partial charge on any atom is -0.329 e. The van der Waals surface area contributed by atoms with Crippen LogP contribution in [0.15, 0.2) is 109 Å². The molecule has 0 saturated carbocycles. The van der Waals surface area contributed by atoms with Gasteiger partial charge in [-0.1, -0.05) is 48.5 Å². The largest absolute Gasteiger partial charge is 0.329 e. The highest BCUT2D eigenvalue weighted by atomic mass is 31.2. The fourth-order valence-corrected chi connectivity index (χ4v) is 5.42. The Hall–Kier alpha value is -3.16. The van der Waals surface area contributed by atoms with Gasteiger partial charge < -0.3 is 5.09 Å². The first-order chi connectivity index (χ1) is 13.7. The minimum atomic E-state index is -2.99. The van der Waals surface area contributed by atoms with Crippen molar-refractivity contribution in [3.63, 3.8) is 0 Å². The van der Waals surface area contributed by atoms with E-state index >= 15 is 0 Å². The number of anilines is 1. The van der Waals surface area contributed by atoms with Gasteiger partial charge in [-0.2, -0.15) is 0 Å². The lowest BCUT2D eigenvalue weighted by Gasteiger charge is -2.22. The maximum atomic E-state index is 14.0. The Morgan fingerprint density at radius 3 is 1.68 bits per heavy atom. The molecule has 1 heterocycles. The van der Waals surface area contributed by atoms with E-state index in [1.54, 1.807) is 12.4 Å². The molecule has 0 atom stereocenters. The second kappa shape index (κ2) is 8.24. The van der Waals surface area contributed by atoms with Crippen LogP contribution >= 0.6 is 7.29 Å². The molecule has 4 aromatic rings. The van der Waals surface area contributed by atoms with Crippen molar-refractivity contribution in [3.8, 4) is 0 Å². The molecule has 0 amide bonds. The van der Waals surface area contributed by atoms with Crippen molar-refractivity contribution >= 4 is 23.6 Å². The molecule has 28 heavy (non-hydrogen) atoms. The van der Waals surface area contributed by atoms with E-state index in [0.29, 0.717) is 0 Å². The smallest absolute Gasteiger partial charge is 0.227 e. The van der Waals surface area contributed by atoms with E-state index in [-0.39, 0.29) is 0 Å². The van der Waals surface area contributed by atoms with Crippen molar-refractivity contribution in [2.45, 2.75) is 6.42 Å². The molecule has 4 rings (SSSR count). The predicted octanol–water partition coefficient (Wildman–Crippen LogP) is 5.01. The standard InChI is InChI=1S/C24H21N2OP/c27-28(23-7-3-1-4-8-23,24-9-5-2-6-10-24)26-22-13-11-20(12-14-22)19-21-15-17-25-18-16-21/h1-18H,19H2,(H,26,27). The summed E-state index contributed by atoms with van der Waals surface area (Å²) < 4.78 is 14.0. The molecule has 4 heteroatoms. The number of nitrogens with zero attached hydrogens (tertiary/aromatic N) is 1. The van der Waals surface area contributed by atoms with E-state index in [4.69, 9.17) is 0 Å². The molecular weight excluding hydrogens is 363 g/mol. The Morgan fingerprint density at radius 2 is 1.14 bits per heavy atom. The summed E-state index contributed by atoms with van der Waals surface area (Å²) in [5, 5.41) is 4.91. The molecule has 0 fully saturated rings. The van der Waals surface area contributed by atoms with Crippen molar-refractivity contribution in [1.29, 1.82) is 0 Å². The van der Waals surface area contributed by atoms with Gasteiger partial charge in [0.2, 0.25) is 7.29 Å². The van der Waals surface area contributed by atoms with Crippen LogP contribution < -0.4 is 15.7 Å². The van der Waals surface area contributed by atoms with Crippen LogP contribution in [0, 0.1) is 0 Å². The van der Waals surface area contributed by atoms with Crippen molar-refractivity contribution in [3.05, 3.63) is 121 Å². The summed E-state index contributed by atoms with van der Waals surface area (Å²) in [6.45, 7) is 0. The van der Waals surface area contributed by atoms with Gasteiger partial charge in [0, 0.05) is 28.7 Å². The molecule has 0 radical (unpaired) electrons. The van der Waals surface area contributed by atoms with Gasteiger partial charge in [0.15, 0.2) is 0 Å².